The molecule has 1 amide bonds. The first kappa shape index (κ1) is 14.3. The summed E-state index contributed by atoms with van der Waals surface area (Å²) in [6.45, 7) is 2.64. The SMILES string of the molecule is CCCC(=O)NCc1ccccc1.[H-].[K+]. The Morgan fingerprint density at radius 2 is 2.00 bits per heavy atom. The maximum atomic E-state index is 11.1. The van der Waals surface area contributed by atoms with Crippen molar-refractivity contribution in [3.05, 3.63) is 35.9 Å². The van der Waals surface area contributed by atoms with Crippen LogP contribution in [-0.4, -0.2) is 5.91 Å². The van der Waals surface area contributed by atoms with Crippen LogP contribution in [-0.2, 0) is 11.3 Å². The number of hydrogen-bond donors (Lipinski definition) is 1. The van der Waals surface area contributed by atoms with Crippen molar-refractivity contribution in [1.82, 2.24) is 5.32 Å². The molecule has 1 rings (SSSR count). The van der Waals surface area contributed by atoms with Gasteiger partial charge in [-0.25, -0.2) is 0 Å². The molecular weight excluding hydrogens is 201 g/mol. The number of benzene rings is 1. The van der Waals surface area contributed by atoms with Gasteiger partial charge < -0.3 is 6.74 Å². The Balaban J connectivity index is 0. The molecule has 0 radical (unpaired) electrons. The largest absolute Gasteiger partial charge is 1.00 e. The van der Waals surface area contributed by atoms with Crippen LogP contribution in [0.5, 0.6) is 0 Å². The molecule has 0 aromatic heterocycles. The van der Waals surface area contributed by atoms with Gasteiger partial charge in [-0.05, 0) is 12.0 Å². The average Bonchev–Trinajstić information content (AvgIpc) is 2.17. The molecule has 0 saturated carbocycles. The van der Waals surface area contributed by atoms with Crippen LogP contribution in [0.4, 0.5) is 0 Å². The summed E-state index contributed by atoms with van der Waals surface area (Å²) in [4.78, 5) is 11.1. The zero-order valence-corrected chi connectivity index (χ0v) is 12.0. The molecule has 72 valence electrons. The second-order valence-corrected chi connectivity index (χ2v) is 3.01. The fourth-order valence-corrected chi connectivity index (χ4v) is 1.11. The molecule has 1 aromatic rings. The molecule has 0 saturated heterocycles. The molecule has 0 heterocycles. The molecule has 3 heteroatoms. The Kier molecular flexibility index (Phi) is 8.82. The molecule has 0 bridgehead atoms. The third kappa shape index (κ3) is 5.93. The zero-order valence-electron chi connectivity index (χ0n) is 9.92. The molecule has 0 spiro atoms. The van der Waals surface area contributed by atoms with Gasteiger partial charge >= 0.3 is 51.4 Å². The summed E-state index contributed by atoms with van der Waals surface area (Å²) >= 11 is 0. The van der Waals surface area contributed by atoms with Crippen LogP contribution >= 0.6 is 0 Å². The molecule has 0 aliphatic carbocycles. The predicted molar refractivity (Wildman–Crippen MR) is 54.3 cm³/mol. The molecule has 0 aliphatic rings. The molecule has 14 heavy (non-hydrogen) atoms. The zero-order chi connectivity index (χ0) is 9.52. The average molecular weight is 217 g/mol. The summed E-state index contributed by atoms with van der Waals surface area (Å²) in [5.74, 6) is 0.131. The molecule has 0 unspecified atom stereocenters. The number of rotatable bonds is 4. The number of hydrogen-bond acceptors (Lipinski definition) is 1. The first-order valence-corrected chi connectivity index (χ1v) is 4.63. The van der Waals surface area contributed by atoms with E-state index in [1.54, 1.807) is 0 Å². The van der Waals surface area contributed by atoms with Gasteiger partial charge in [0.2, 0.25) is 5.91 Å². The molecule has 2 nitrogen and oxygen atoms in total. The predicted octanol–water partition coefficient (Wildman–Crippen LogP) is -0.781. The second kappa shape index (κ2) is 8.62. The van der Waals surface area contributed by atoms with Gasteiger partial charge in [-0.3, -0.25) is 4.79 Å². The Bertz CT molecular complexity index is 267. The van der Waals surface area contributed by atoms with E-state index in [0.29, 0.717) is 13.0 Å². The molecule has 0 atom stereocenters. The first-order valence-electron chi connectivity index (χ1n) is 4.63. The number of carbonyl (C=O) groups excluding carboxylic acids is 1. The number of amides is 1. The van der Waals surface area contributed by atoms with Crippen LogP contribution in [0.1, 0.15) is 26.8 Å². The van der Waals surface area contributed by atoms with Gasteiger partial charge in [0.05, 0.1) is 0 Å². The molecule has 0 aliphatic heterocycles. The van der Waals surface area contributed by atoms with Crippen LogP contribution in [0.2, 0.25) is 0 Å². The van der Waals surface area contributed by atoms with E-state index in [-0.39, 0.29) is 58.7 Å². The van der Waals surface area contributed by atoms with E-state index in [1.165, 1.54) is 0 Å². The summed E-state index contributed by atoms with van der Waals surface area (Å²) < 4.78 is 0. The molecule has 1 N–H and O–H groups in total. The molecular formula is C11H16KNO. The van der Waals surface area contributed by atoms with Crippen LogP contribution in [0, 0.1) is 0 Å². The van der Waals surface area contributed by atoms with Crippen molar-refractivity contribution in [2.24, 2.45) is 0 Å². The minimum Gasteiger partial charge on any atom is -1.00 e. The monoisotopic (exact) mass is 217 g/mol. The van der Waals surface area contributed by atoms with Gasteiger partial charge in [0.25, 0.3) is 0 Å². The van der Waals surface area contributed by atoms with Gasteiger partial charge in [-0.15, -0.1) is 0 Å². The third-order valence-electron chi connectivity index (χ3n) is 1.81. The Morgan fingerprint density at radius 1 is 1.36 bits per heavy atom. The summed E-state index contributed by atoms with van der Waals surface area (Å²) in [5.41, 5.74) is 1.15. The van der Waals surface area contributed by atoms with Crippen molar-refractivity contribution >= 4 is 5.91 Å². The van der Waals surface area contributed by atoms with E-state index in [9.17, 15) is 4.79 Å². The van der Waals surface area contributed by atoms with Crippen molar-refractivity contribution in [2.75, 3.05) is 0 Å². The van der Waals surface area contributed by atoms with E-state index in [0.717, 1.165) is 12.0 Å². The van der Waals surface area contributed by atoms with Gasteiger partial charge in [-0.2, -0.15) is 0 Å². The smallest absolute Gasteiger partial charge is 1.00 e. The Labute approximate surface area is 129 Å². The minimum absolute atomic E-state index is 0. The van der Waals surface area contributed by atoms with Crippen molar-refractivity contribution in [3.63, 3.8) is 0 Å². The molecule has 1 aromatic carbocycles. The van der Waals surface area contributed by atoms with E-state index < -0.39 is 0 Å². The van der Waals surface area contributed by atoms with Crippen molar-refractivity contribution in [1.29, 1.82) is 0 Å². The topological polar surface area (TPSA) is 29.1 Å². The fourth-order valence-electron chi connectivity index (χ4n) is 1.11. The van der Waals surface area contributed by atoms with Crippen LogP contribution in [0.3, 0.4) is 0 Å². The summed E-state index contributed by atoms with van der Waals surface area (Å²) in [6.07, 6.45) is 1.52. The van der Waals surface area contributed by atoms with Crippen LogP contribution in [0.25, 0.3) is 0 Å². The Hall–Kier alpha value is 0.326. The van der Waals surface area contributed by atoms with Crippen molar-refractivity contribution in [3.8, 4) is 0 Å². The number of nitrogens with one attached hydrogen (secondary N) is 1. The van der Waals surface area contributed by atoms with Gasteiger partial charge in [-0.1, -0.05) is 37.3 Å². The van der Waals surface area contributed by atoms with E-state index >= 15 is 0 Å². The van der Waals surface area contributed by atoms with Crippen molar-refractivity contribution < 1.29 is 57.6 Å². The normalized spacial score (nSPS) is 8.93. The molecule has 0 fully saturated rings. The summed E-state index contributed by atoms with van der Waals surface area (Å²) in [6, 6.07) is 9.93. The van der Waals surface area contributed by atoms with Gasteiger partial charge in [0, 0.05) is 13.0 Å². The van der Waals surface area contributed by atoms with Crippen LogP contribution < -0.4 is 56.7 Å². The van der Waals surface area contributed by atoms with Gasteiger partial charge in [0.1, 0.15) is 0 Å². The quantitative estimate of drug-likeness (QED) is 0.659. The number of carbonyl (C=O) groups is 1. The fraction of sp³-hybridized carbons (Fsp3) is 0.364. The van der Waals surface area contributed by atoms with Crippen molar-refractivity contribution in [2.45, 2.75) is 26.3 Å². The maximum absolute atomic E-state index is 11.1. The standard InChI is InChI=1S/C11H15NO.K.H/c1-2-6-11(13)12-9-10-7-4-3-5-8-10;;/h3-5,7-8H,2,6,9H2,1H3,(H,12,13);;/q;+1;-1. The first-order chi connectivity index (χ1) is 6.33. The van der Waals surface area contributed by atoms with E-state index in [2.05, 4.69) is 5.32 Å². The minimum atomic E-state index is 0. The summed E-state index contributed by atoms with van der Waals surface area (Å²) in [5, 5.41) is 2.86. The second-order valence-electron chi connectivity index (χ2n) is 3.01. The third-order valence-corrected chi connectivity index (χ3v) is 1.81. The Morgan fingerprint density at radius 3 is 2.57 bits per heavy atom. The van der Waals surface area contributed by atoms with Gasteiger partial charge in [0.15, 0.2) is 0 Å². The van der Waals surface area contributed by atoms with Crippen LogP contribution in [0.15, 0.2) is 30.3 Å². The van der Waals surface area contributed by atoms with E-state index in [4.69, 9.17) is 0 Å². The van der Waals surface area contributed by atoms with E-state index in [1.807, 2.05) is 37.3 Å². The summed E-state index contributed by atoms with van der Waals surface area (Å²) in [7, 11) is 0. The maximum Gasteiger partial charge on any atom is 1.00 e.